The zero-order chi connectivity index (χ0) is 14.7. The Kier molecular flexibility index (Phi) is 5.69. The second kappa shape index (κ2) is 6.45. The molecule has 0 fully saturated rings. The quantitative estimate of drug-likeness (QED) is 0.859. The molecule has 0 aliphatic carbocycles. The van der Waals surface area contributed by atoms with Crippen LogP contribution >= 0.6 is 23.2 Å². The fourth-order valence-corrected chi connectivity index (χ4v) is 2.21. The van der Waals surface area contributed by atoms with Crippen LogP contribution in [0, 0.1) is 0 Å². The Bertz CT molecular complexity index is 425. The number of aliphatic hydroxyl groups is 1. The Morgan fingerprint density at radius 3 is 2.26 bits per heavy atom. The van der Waals surface area contributed by atoms with E-state index >= 15 is 0 Å². The van der Waals surface area contributed by atoms with Crippen LogP contribution in [-0.4, -0.2) is 22.8 Å². The van der Waals surface area contributed by atoms with Crippen molar-refractivity contribution in [1.29, 1.82) is 0 Å². The molecule has 0 saturated heterocycles. The molecule has 0 aromatic heterocycles. The first kappa shape index (κ1) is 16.8. The highest BCUT2D eigenvalue weighted by molar-refractivity contribution is 6.42. The Labute approximate surface area is 126 Å². The van der Waals surface area contributed by atoms with E-state index in [2.05, 4.69) is 26.1 Å². The largest absolute Gasteiger partial charge is 0.390 e. The predicted molar refractivity (Wildman–Crippen MR) is 83.2 cm³/mol. The molecule has 1 aromatic rings. The molecule has 19 heavy (non-hydrogen) atoms. The van der Waals surface area contributed by atoms with Gasteiger partial charge in [0.15, 0.2) is 0 Å². The van der Waals surface area contributed by atoms with E-state index in [0.717, 1.165) is 12.1 Å². The third-order valence-electron chi connectivity index (χ3n) is 2.89. The highest BCUT2D eigenvalue weighted by Gasteiger charge is 2.22. The SMILES string of the molecule is CC(O)(CCNC(C)(C)C)Cc1ccc(Cl)c(Cl)c1. The maximum Gasteiger partial charge on any atom is 0.0672 e. The summed E-state index contributed by atoms with van der Waals surface area (Å²) in [5.74, 6) is 0. The van der Waals surface area contributed by atoms with Crippen LogP contribution in [-0.2, 0) is 6.42 Å². The fraction of sp³-hybridized carbons (Fsp3) is 0.600. The maximum absolute atomic E-state index is 10.4. The molecule has 1 aromatic carbocycles. The van der Waals surface area contributed by atoms with Crippen LogP contribution in [0.4, 0.5) is 0 Å². The molecule has 0 heterocycles. The Hall–Kier alpha value is -0.280. The van der Waals surface area contributed by atoms with Gasteiger partial charge in [-0.05, 0) is 58.4 Å². The molecule has 1 unspecified atom stereocenters. The van der Waals surface area contributed by atoms with Crippen LogP contribution in [0.2, 0.25) is 10.0 Å². The minimum atomic E-state index is -0.755. The van der Waals surface area contributed by atoms with Crippen molar-refractivity contribution in [3.8, 4) is 0 Å². The minimum absolute atomic E-state index is 0.0691. The van der Waals surface area contributed by atoms with Crippen molar-refractivity contribution in [2.75, 3.05) is 6.54 Å². The van der Waals surface area contributed by atoms with Crippen molar-refractivity contribution < 1.29 is 5.11 Å². The van der Waals surface area contributed by atoms with Gasteiger partial charge >= 0.3 is 0 Å². The van der Waals surface area contributed by atoms with Gasteiger partial charge in [0.1, 0.15) is 0 Å². The lowest BCUT2D eigenvalue weighted by atomic mass is 9.93. The summed E-state index contributed by atoms with van der Waals surface area (Å²) >= 11 is 11.9. The van der Waals surface area contributed by atoms with Gasteiger partial charge in [0, 0.05) is 12.0 Å². The van der Waals surface area contributed by atoms with Gasteiger partial charge in [0.2, 0.25) is 0 Å². The van der Waals surface area contributed by atoms with Gasteiger partial charge in [0.05, 0.1) is 15.6 Å². The first-order chi connectivity index (χ1) is 8.59. The number of hydrogen-bond acceptors (Lipinski definition) is 2. The summed E-state index contributed by atoms with van der Waals surface area (Å²) in [5.41, 5.74) is 0.310. The summed E-state index contributed by atoms with van der Waals surface area (Å²) < 4.78 is 0. The van der Waals surface area contributed by atoms with Crippen molar-refractivity contribution in [2.45, 2.75) is 51.7 Å². The third-order valence-corrected chi connectivity index (χ3v) is 3.63. The van der Waals surface area contributed by atoms with Crippen LogP contribution in [0.25, 0.3) is 0 Å². The molecule has 0 saturated carbocycles. The summed E-state index contributed by atoms with van der Waals surface area (Å²) in [6.45, 7) is 8.96. The standard InChI is InChI=1S/C15H23Cl2NO/c1-14(2,3)18-8-7-15(4,19)10-11-5-6-12(16)13(17)9-11/h5-6,9,18-19H,7-8,10H2,1-4H3. The van der Waals surface area contributed by atoms with Gasteiger partial charge < -0.3 is 10.4 Å². The van der Waals surface area contributed by atoms with Gasteiger partial charge in [-0.2, -0.15) is 0 Å². The number of hydrogen-bond donors (Lipinski definition) is 2. The van der Waals surface area contributed by atoms with E-state index in [4.69, 9.17) is 23.2 Å². The molecule has 4 heteroatoms. The van der Waals surface area contributed by atoms with E-state index in [-0.39, 0.29) is 5.54 Å². The van der Waals surface area contributed by atoms with Crippen LogP contribution in [0.15, 0.2) is 18.2 Å². The summed E-state index contributed by atoms with van der Waals surface area (Å²) in [7, 11) is 0. The van der Waals surface area contributed by atoms with E-state index < -0.39 is 5.60 Å². The summed E-state index contributed by atoms with van der Waals surface area (Å²) in [6.07, 6.45) is 1.25. The Morgan fingerprint density at radius 2 is 1.74 bits per heavy atom. The lowest BCUT2D eigenvalue weighted by Crippen LogP contribution is -2.40. The zero-order valence-corrected chi connectivity index (χ0v) is 13.6. The monoisotopic (exact) mass is 303 g/mol. The molecule has 0 radical (unpaired) electrons. The third kappa shape index (κ3) is 6.62. The summed E-state index contributed by atoms with van der Waals surface area (Å²) in [5, 5.41) is 14.9. The fourth-order valence-electron chi connectivity index (χ4n) is 1.88. The van der Waals surface area contributed by atoms with Gasteiger partial charge in [-0.25, -0.2) is 0 Å². The summed E-state index contributed by atoms with van der Waals surface area (Å²) in [6, 6.07) is 5.48. The number of nitrogens with one attached hydrogen (secondary N) is 1. The molecular formula is C15H23Cl2NO. The zero-order valence-electron chi connectivity index (χ0n) is 12.1. The van der Waals surface area contributed by atoms with E-state index in [9.17, 15) is 5.11 Å². The van der Waals surface area contributed by atoms with Gasteiger partial charge in [-0.1, -0.05) is 29.3 Å². The maximum atomic E-state index is 10.4. The predicted octanol–water partition coefficient (Wildman–Crippen LogP) is 4.07. The van der Waals surface area contributed by atoms with E-state index in [1.165, 1.54) is 0 Å². The molecule has 2 N–H and O–H groups in total. The van der Waals surface area contributed by atoms with Crippen molar-refractivity contribution >= 4 is 23.2 Å². The molecule has 0 amide bonds. The van der Waals surface area contributed by atoms with E-state index in [1.54, 1.807) is 6.07 Å². The molecule has 1 rings (SSSR count). The normalized spacial score (nSPS) is 15.3. The molecule has 0 bridgehead atoms. The second-order valence-corrected chi connectivity index (χ2v) is 7.16. The van der Waals surface area contributed by atoms with Crippen molar-refractivity contribution in [2.24, 2.45) is 0 Å². The Morgan fingerprint density at radius 1 is 1.11 bits per heavy atom. The smallest absolute Gasteiger partial charge is 0.0672 e. The van der Waals surface area contributed by atoms with Crippen LogP contribution in [0.1, 0.15) is 39.7 Å². The highest BCUT2D eigenvalue weighted by atomic mass is 35.5. The van der Waals surface area contributed by atoms with Crippen molar-refractivity contribution in [3.05, 3.63) is 33.8 Å². The number of rotatable bonds is 5. The van der Waals surface area contributed by atoms with Gasteiger partial charge in [0.25, 0.3) is 0 Å². The van der Waals surface area contributed by atoms with Crippen LogP contribution in [0.5, 0.6) is 0 Å². The lowest BCUT2D eigenvalue weighted by Gasteiger charge is -2.27. The molecule has 1 atom stereocenters. The average molecular weight is 304 g/mol. The average Bonchev–Trinajstić information content (AvgIpc) is 2.20. The summed E-state index contributed by atoms with van der Waals surface area (Å²) in [4.78, 5) is 0. The van der Waals surface area contributed by atoms with Crippen LogP contribution in [0.3, 0.4) is 0 Å². The molecule has 2 nitrogen and oxygen atoms in total. The van der Waals surface area contributed by atoms with Crippen molar-refractivity contribution in [1.82, 2.24) is 5.32 Å². The second-order valence-electron chi connectivity index (χ2n) is 6.35. The van der Waals surface area contributed by atoms with Gasteiger partial charge in [-0.15, -0.1) is 0 Å². The molecule has 0 spiro atoms. The molecule has 0 aliphatic rings. The Balaban J connectivity index is 2.56. The first-order valence-corrected chi connectivity index (χ1v) is 7.26. The van der Waals surface area contributed by atoms with Gasteiger partial charge in [-0.3, -0.25) is 0 Å². The van der Waals surface area contributed by atoms with E-state index in [1.807, 2.05) is 19.1 Å². The minimum Gasteiger partial charge on any atom is -0.390 e. The number of benzene rings is 1. The van der Waals surface area contributed by atoms with Crippen LogP contribution < -0.4 is 5.32 Å². The topological polar surface area (TPSA) is 32.3 Å². The van der Waals surface area contributed by atoms with Crippen molar-refractivity contribution in [3.63, 3.8) is 0 Å². The lowest BCUT2D eigenvalue weighted by molar-refractivity contribution is 0.0499. The molecule has 0 aliphatic heterocycles. The van der Waals surface area contributed by atoms with E-state index in [0.29, 0.717) is 22.9 Å². The first-order valence-electron chi connectivity index (χ1n) is 6.50. The number of halogens is 2. The highest BCUT2D eigenvalue weighted by Crippen LogP contribution is 2.25. The molecular weight excluding hydrogens is 281 g/mol. The molecule has 108 valence electrons.